The fourth-order valence-electron chi connectivity index (χ4n) is 4.52. The second-order valence-electron chi connectivity index (χ2n) is 9.10. The zero-order valence-corrected chi connectivity index (χ0v) is 22.1. The number of anilines is 2. The van der Waals surface area contributed by atoms with Gasteiger partial charge in [-0.1, -0.05) is 66.7 Å². The third-order valence-corrected chi connectivity index (χ3v) is 8.18. The summed E-state index contributed by atoms with van der Waals surface area (Å²) in [5.74, 6) is -1.93. The monoisotopic (exact) mass is 565 g/mol. The van der Waals surface area contributed by atoms with Crippen LogP contribution in [0.25, 0.3) is 11.8 Å². The number of benzene rings is 3. The van der Waals surface area contributed by atoms with Gasteiger partial charge in [-0.15, -0.1) is 4.40 Å². The molecule has 0 amide bonds. The summed E-state index contributed by atoms with van der Waals surface area (Å²) in [7, 11) is -8.11. The second-order valence-corrected chi connectivity index (χ2v) is 12.4. The zero-order valence-electron chi connectivity index (χ0n) is 20.5. The molecule has 200 valence electrons. The van der Waals surface area contributed by atoms with E-state index >= 15 is 0 Å². The molecule has 1 heterocycles. The summed E-state index contributed by atoms with van der Waals surface area (Å²) in [5, 5.41) is 25.6. The highest BCUT2D eigenvalue weighted by atomic mass is 32.2. The predicted octanol–water partition coefficient (Wildman–Crippen LogP) is 3.41. The van der Waals surface area contributed by atoms with Crippen LogP contribution in [0, 0.1) is 0 Å². The van der Waals surface area contributed by atoms with Crippen LogP contribution in [0.5, 0.6) is 0 Å². The van der Waals surface area contributed by atoms with Gasteiger partial charge < -0.3 is 15.5 Å². The Labute approximate surface area is 225 Å². The maximum absolute atomic E-state index is 13.8. The molecular formula is C27H23N3O7S2. The molecule has 2 aliphatic rings. The molecule has 4 N–H and O–H groups in total. The summed E-state index contributed by atoms with van der Waals surface area (Å²) in [6.07, 6.45) is 4.13. The number of carbonyl (C=O) groups is 1. The summed E-state index contributed by atoms with van der Waals surface area (Å²) in [6.45, 7) is 0. The molecule has 0 saturated carbocycles. The van der Waals surface area contributed by atoms with Gasteiger partial charge in [0.15, 0.2) is 11.4 Å². The smallest absolute Gasteiger partial charge is 0.286 e. The van der Waals surface area contributed by atoms with Crippen molar-refractivity contribution in [2.45, 2.75) is 16.9 Å². The largest absolute Gasteiger partial charge is 0.506 e. The van der Waals surface area contributed by atoms with Crippen molar-refractivity contribution in [1.29, 1.82) is 0 Å². The average molecular weight is 566 g/mol. The first-order chi connectivity index (χ1) is 18.4. The van der Waals surface area contributed by atoms with Crippen LogP contribution in [-0.4, -0.2) is 44.9 Å². The molecule has 0 aromatic heterocycles. The Bertz CT molecular complexity index is 1810. The van der Waals surface area contributed by atoms with E-state index < -0.39 is 48.6 Å². The number of hydrogen-bond acceptors (Lipinski definition) is 8. The fraction of sp³-hybridized carbons (Fsp3) is 0.111. The van der Waals surface area contributed by atoms with Crippen LogP contribution in [0.2, 0.25) is 0 Å². The third-order valence-electron chi connectivity index (χ3n) is 6.25. The minimum absolute atomic E-state index is 0.00425. The SMILES string of the molecule is CS(=O)(=O)Nc1ccc2c(c1)S(=O)(=O)N=C(C1=C(O)c3ccccc3C(O)(CC=Cc3ccccc3)C1=O)N2. The van der Waals surface area contributed by atoms with E-state index in [1.165, 1.54) is 24.3 Å². The number of amidine groups is 1. The Morgan fingerprint density at radius 1 is 1.05 bits per heavy atom. The number of hydrogen-bond donors (Lipinski definition) is 4. The summed E-state index contributed by atoms with van der Waals surface area (Å²) in [5.41, 5.74) is -1.42. The van der Waals surface area contributed by atoms with Crippen LogP contribution in [-0.2, 0) is 30.4 Å². The number of sulfonamides is 2. The molecule has 1 aliphatic heterocycles. The van der Waals surface area contributed by atoms with E-state index in [1.807, 2.05) is 30.3 Å². The highest BCUT2D eigenvalue weighted by molar-refractivity contribution is 7.92. The van der Waals surface area contributed by atoms with Gasteiger partial charge in [0.05, 0.1) is 11.9 Å². The van der Waals surface area contributed by atoms with E-state index in [2.05, 4.69) is 14.4 Å². The maximum Gasteiger partial charge on any atom is 0.286 e. The van der Waals surface area contributed by atoms with Crippen LogP contribution >= 0.6 is 0 Å². The summed E-state index contributed by atoms with van der Waals surface area (Å²) in [4.78, 5) is 13.5. The van der Waals surface area contributed by atoms with Crippen molar-refractivity contribution in [2.75, 3.05) is 16.3 Å². The molecule has 1 unspecified atom stereocenters. The quantitative estimate of drug-likeness (QED) is 0.353. The fourth-order valence-corrected chi connectivity index (χ4v) is 6.22. The molecule has 1 atom stereocenters. The van der Waals surface area contributed by atoms with Crippen molar-refractivity contribution in [1.82, 2.24) is 0 Å². The first-order valence-electron chi connectivity index (χ1n) is 11.7. The topological polar surface area (TPSA) is 162 Å². The van der Waals surface area contributed by atoms with Gasteiger partial charge in [0.1, 0.15) is 16.2 Å². The number of ketones is 1. The lowest BCUT2D eigenvalue weighted by Gasteiger charge is -2.34. The van der Waals surface area contributed by atoms with Gasteiger partial charge in [-0.25, -0.2) is 8.42 Å². The highest BCUT2D eigenvalue weighted by Crippen LogP contribution is 2.42. The van der Waals surface area contributed by atoms with Gasteiger partial charge in [-0.2, -0.15) is 8.42 Å². The van der Waals surface area contributed by atoms with Gasteiger partial charge in [0.2, 0.25) is 15.8 Å². The lowest BCUT2D eigenvalue weighted by Crippen LogP contribution is -2.44. The number of Topliss-reactive ketones (excluding diaryl/α,β-unsaturated/α-hetero) is 1. The first-order valence-corrected chi connectivity index (χ1v) is 15.0. The normalized spacial score (nSPS) is 20.2. The number of aliphatic hydroxyl groups is 2. The van der Waals surface area contributed by atoms with Gasteiger partial charge in [0.25, 0.3) is 10.0 Å². The number of nitrogens with zero attached hydrogens (tertiary/aromatic N) is 1. The molecule has 5 rings (SSSR count). The van der Waals surface area contributed by atoms with E-state index in [0.29, 0.717) is 0 Å². The lowest BCUT2D eigenvalue weighted by atomic mass is 9.75. The first kappa shape index (κ1) is 26.4. The van der Waals surface area contributed by atoms with E-state index in [4.69, 9.17) is 0 Å². The lowest BCUT2D eigenvalue weighted by molar-refractivity contribution is -0.133. The van der Waals surface area contributed by atoms with Gasteiger partial charge in [0, 0.05) is 23.2 Å². The molecular weight excluding hydrogens is 542 g/mol. The summed E-state index contributed by atoms with van der Waals surface area (Å²) in [6, 6.07) is 19.3. The predicted molar refractivity (Wildman–Crippen MR) is 148 cm³/mol. The Morgan fingerprint density at radius 3 is 2.46 bits per heavy atom. The number of nitrogens with one attached hydrogen (secondary N) is 2. The van der Waals surface area contributed by atoms with Crippen molar-refractivity contribution < 1.29 is 31.8 Å². The second kappa shape index (κ2) is 9.49. The van der Waals surface area contributed by atoms with Crippen molar-refractivity contribution in [2.24, 2.45) is 4.40 Å². The zero-order chi connectivity index (χ0) is 28.0. The number of rotatable bonds is 6. The van der Waals surface area contributed by atoms with Gasteiger partial charge >= 0.3 is 0 Å². The maximum atomic E-state index is 13.8. The van der Waals surface area contributed by atoms with E-state index in [0.717, 1.165) is 17.9 Å². The summed E-state index contributed by atoms with van der Waals surface area (Å²) >= 11 is 0. The molecule has 39 heavy (non-hydrogen) atoms. The number of aliphatic hydroxyl groups excluding tert-OH is 1. The van der Waals surface area contributed by atoms with E-state index in [1.54, 1.807) is 24.3 Å². The highest BCUT2D eigenvalue weighted by Gasteiger charge is 2.48. The standard InChI is InChI=1S/C27H23N3O7S2/c1-38(34,35)29-18-13-14-21-22(16-18)39(36,37)30-26(28-21)23-24(31)19-11-5-6-12-20(19)27(33,25(23)32)15-7-10-17-8-3-2-4-9-17/h2-14,16,29,31,33H,15H2,1H3,(H,28,30). The third kappa shape index (κ3) is 4.97. The Morgan fingerprint density at radius 2 is 1.74 bits per heavy atom. The van der Waals surface area contributed by atoms with Crippen molar-refractivity contribution >= 4 is 54.9 Å². The number of carbonyl (C=O) groups excluding carboxylic acids is 1. The van der Waals surface area contributed by atoms with Crippen molar-refractivity contribution in [3.05, 3.63) is 101 Å². The van der Waals surface area contributed by atoms with E-state index in [9.17, 15) is 31.8 Å². The van der Waals surface area contributed by atoms with Crippen LogP contribution in [0.1, 0.15) is 23.1 Å². The summed E-state index contributed by atoms with van der Waals surface area (Å²) < 4.78 is 55.3. The molecule has 12 heteroatoms. The molecule has 3 aromatic carbocycles. The molecule has 1 aliphatic carbocycles. The van der Waals surface area contributed by atoms with Crippen LogP contribution in [0.4, 0.5) is 11.4 Å². The molecule has 0 saturated heterocycles. The molecule has 0 radical (unpaired) electrons. The average Bonchev–Trinajstić information content (AvgIpc) is 2.88. The Balaban J connectivity index is 1.57. The molecule has 10 nitrogen and oxygen atoms in total. The van der Waals surface area contributed by atoms with E-state index in [-0.39, 0.29) is 33.8 Å². The number of fused-ring (bicyclic) bond motifs is 2. The molecule has 3 aromatic rings. The van der Waals surface area contributed by atoms with Crippen molar-refractivity contribution in [3.8, 4) is 0 Å². The van der Waals surface area contributed by atoms with Gasteiger partial charge in [-0.05, 0) is 23.8 Å². The van der Waals surface area contributed by atoms with Crippen molar-refractivity contribution in [3.63, 3.8) is 0 Å². The molecule has 0 fully saturated rings. The van der Waals surface area contributed by atoms with Crippen LogP contribution in [0.15, 0.2) is 93.7 Å². The molecule has 0 bridgehead atoms. The minimum Gasteiger partial charge on any atom is -0.506 e. The van der Waals surface area contributed by atoms with Gasteiger partial charge in [-0.3, -0.25) is 9.52 Å². The van der Waals surface area contributed by atoms with Crippen LogP contribution in [0.3, 0.4) is 0 Å². The Kier molecular flexibility index (Phi) is 6.41. The van der Waals surface area contributed by atoms with Crippen LogP contribution < -0.4 is 10.0 Å². The minimum atomic E-state index is -4.44. The molecule has 0 spiro atoms. The Hall–Kier alpha value is -4.26.